The van der Waals surface area contributed by atoms with Gasteiger partial charge < -0.3 is 4.57 Å². The fraction of sp³-hybridized carbons (Fsp3) is 0.625. The number of aryl methyl sites for hydroxylation is 1. The standard InChI is InChI=1S/C16H21BrClN3/c1-16(2)6-3-12(4-7-16)21-14(5-8-18)20-13-9-11(17)10-19-15(13)21/h9-10,12H,3-8H2,1-2H3. The summed E-state index contributed by atoms with van der Waals surface area (Å²) < 4.78 is 3.32. The van der Waals surface area contributed by atoms with Crippen LogP contribution in [-0.2, 0) is 6.42 Å². The molecule has 5 heteroatoms. The third-order valence-electron chi connectivity index (χ3n) is 4.56. The van der Waals surface area contributed by atoms with Gasteiger partial charge in [-0.2, -0.15) is 0 Å². The topological polar surface area (TPSA) is 30.7 Å². The van der Waals surface area contributed by atoms with Gasteiger partial charge in [-0.3, -0.25) is 0 Å². The lowest BCUT2D eigenvalue weighted by atomic mass is 9.75. The van der Waals surface area contributed by atoms with Gasteiger partial charge >= 0.3 is 0 Å². The molecule has 0 aliphatic heterocycles. The molecular weight excluding hydrogens is 350 g/mol. The van der Waals surface area contributed by atoms with E-state index in [1.54, 1.807) is 0 Å². The second-order valence-electron chi connectivity index (χ2n) is 6.73. The molecule has 1 aliphatic carbocycles. The van der Waals surface area contributed by atoms with Gasteiger partial charge in [0.2, 0.25) is 0 Å². The fourth-order valence-electron chi connectivity index (χ4n) is 3.29. The molecule has 2 heterocycles. The summed E-state index contributed by atoms with van der Waals surface area (Å²) in [6.07, 6.45) is 7.58. The first-order chi connectivity index (χ1) is 10.00. The molecule has 21 heavy (non-hydrogen) atoms. The van der Waals surface area contributed by atoms with Crippen LogP contribution in [0.1, 0.15) is 51.4 Å². The van der Waals surface area contributed by atoms with Gasteiger partial charge in [0, 0.05) is 29.0 Å². The number of pyridine rings is 1. The van der Waals surface area contributed by atoms with Gasteiger partial charge in [-0.05, 0) is 53.1 Å². The number of hydrogen-bond donors (Lipinski definition) is 0. The molecule has 0 amide bonds. The van der Waals surface area contributed by atoms with E-state index in [2.05, 4.69) is 39.3 Å². The number of nitrogens with zero attached hydrogens (tertiary/aromatic N) is 3. The highest BCUT2D eigenvalue weighted by molar-refractivity contribution is 9.10. The van der Waals surface area contributed by atoms with Crippen molar-refractivity contribution in [1.29, 1.82) is 0 Å². The summed E-state index contributed by atoms with van der Waals surface area (Å²) in [5.41, 5.74) is 2.44. The molecule has 1 saturated carbocycles. The van der Waals surface area contributed by atoms with Crippen molar-refractivity contribution in [3.8, 4) is 0 Å². The highest BCUT2D eigenvalue weighted by atomic mass is 79.9. The SMILES string of the molecule is CC1(C)CCC(n2c(CCCl)nc3cc(Br)cnc32)CC1. The maximum absolute atomic E-state index is 5.97. The molecule has 0 bridgehead atoms. The van der Waals surface area contributed by atoms with E-state index in [9.17, 15) is 0 Å². The molecule has 0 atom stereocenters. The average Bonchev–Trinajstić information content (AvgIpc) is 2.76. The number of aromatic nitrogens is 3. The summed E-state index contributed by atoms with van der Waals surface area (Å²) in [4.78, 5) is 9.37. The minimum absolute atomic E-state index is 0.468. The maximum Gasteiger partial charge on any atom is 0.160 e. The molecule has 0 aromatic carbocycles. The molecule has 1 aliphatic rings. The van der Waals surface area contributed by atoms with Crippen LogP contribution in [0.5, 0.6) is 0 Å². The molecule has 0 radical (unpaired) electrons. The molecule has 0 N–H and O–H groups in total. The van der Waals surface area contributed by atoms with Crippen molar-refractivity contribution in [3.05, 3.63) is 22.6 Å². The van der Waals surface area contributed by atoms with Gasteiger partial charge in [-0.15, -0.1) is 11.6 Å². The molecule has 114 valence electrons. The average molecular weight is 371 g/mol. The van der Waals surface area contributed by atoms with Crippen molar-refractivity contribution < 1.29 is 0 Å². The summed E-state index contributed by atoms with van der Waals surface area (Å²) in [5.74, 6) is 1.68. The van der Waals surface area contributed by atoms with E-state index in [1.165, 1.54) is 25.7 Å². The molecule has 3 nitrogen and oxygen atoms in total. The number of halogens is 2. The van der Waals surface area contributed by atoms with E-state index in [4.69, 9.17) is 16.6 Å². The van der Waals surface area contributed by atoms with E-state index >= 15 is 0 Å². The maximum atomic E-state index is 5.97. The van der Waals surface area contributed by atoms with Crippen molar-refractivity contribution >= 4 is 38.7 Å². The Labute approximate surface area is 139 Å². The molecule has 2 aromatic heterocycles. The summed E-state index contributed by atoms with van der Waals surface area (Å²) in [5, 5.41) is 0. The zero-order chi connectivity index (χ0) is 15.0. The number of imidazole rings is 1. The Morgan fingerprint density at radius 2 is 2.10 bits per heavy atom. The monoisotopic (exact) mass is 369 g/mol. The molecule has 3 rings (SSSR count). The predicted octanol–water partition coefficient (Wildman–Crippen LogP) is 5.12. The van der Waals surface area contributed by atoms with Crippen LogP contribution in [0.15, 0.2) is 16.7 Å². The Kier molecular flexibility index (Phi) is 4.28. The van der Waals surface area contributed by atoms with Gasteiger partial charge in [-0.25, -0.2) is 9.97 Å². The highest BCUT2D eigenvalue weighted by Crippen LogP contribution is 2.41. The van der Waals surface area contributed by atoms with E-state index in [1.807, 2.05) is 12.3 Å². The minimum Gasteiger partial charge on any atom is -0.310 e. The van der Waals surface area contributed by atoms with Crippen LogP contribution in [0, 0.1) is 5.41 Å². The van der Waals surface area contributed by atoms with Crippen LogP contribution in [0.2, 0.25) is 0 Å². The van der Waals surface area contributed by atoms with Crippen LogP contribution in [0.3, 0.4) is 0 Å². The van der Waals surface area contributed by atoms with Crippen LogP contribution < -0.4 is 0 Å². The van der Waals surface area contributed by atoms with Gasteiger partial charge in [-0.1, -0.05) is 13.8 Å². The smallest absolute Gasteiger partial charge is 0.160 e. The summed E-state index contributed by atoms with van der Waals surface area (Å²) in [6.45, 7) is 4.73. The lowest BCUT2D eigenvalue weighted by molar-refractivity contribution is 0.194. The van der Waals surface area contributed by atoms with Crippen LogP contribution >= 0.6 is 27.5 Å². The van der Waals surface area contributed by atoms with E-state index in [0.717, 1.165) is 27.9 Å². The number of hydrogen-bond acceptors (Lipinski definition) is 2. The van der Waals surface area contributed by atoms with Crippen molar-refractivity contribution in [1.82, 2.24) is 14.5 Å². The molecule has 0 unspecified atom stereocenters. The summed E-state index contributed by atoms with van der Waals surface area (Å²) >= 11 is 9.45. The Bertz CT molecular complexity index is 640. The Morgan fingerprint density at radius 1 is 1.38 bits per heavy atom. The Morgan fingerprint density at radius 3 is 2.76 bits per heavy atom. The van der Waals surface area contributed by atoms with Crippen molar-refractivity contribution in [3.63, 3.8) is 0 Å². The van der Waals surface area contributed by atoms with Gasteiger partial charge in [0.25, 0.3) is 0 Å². The second kappa shape index (κ2) is 5.88. The first kappa shape index (κ1) is 15.3. The first-order valence-electron chi connectivity index (χ1n) is 7.58. The lowest BCUT2D eigenvalue weighted by Gasteiger charge is -2.35. The van der Waals surface area contributed by atoms with Crippen LogP contribution in [0.4, 0.5) is 0 Å². The Balaban J connectivity index is 2.01. The normalized spacial score (nSPS) is 19.2. The van der Waals surface area contributed by atoms with Crippen molar-refractivity contribution in [2.45, 2.75) is 52.0 Å². The largest absolute Gasteiger partial charge is 0.310 e. The van der Waals surface area contributed by atoms with E-state index < -0.39 is 0 Å². The Hall–Kier alpha value is -0.610. The second-order valence-corrected chi connectivity index (χ2v) is 8.02. The van der Waals surface area contributed by atoms with Gasteiger partial charge in [0.15, 0.2) is 5.65 Å². The summed E-state index contributed by atoms with van der Waals surface area (Å²) in [6, 6.07) is 2.55. The number of alkyl halides is 1. The number of rotatable bonds is 3. The molecule has 0 saturated heterocycles. The van der Waals surface area contributed by atoms with Crippen LogP contribution in [-0.4, -0.2) is 20.4 Å². The third-order valence-corrected chi connectivity index (χ3v) is 5.18. The first-order valence-corrected chi connectivity index (χ1v) is 8.91. The predicted molar refractivity (Wildman–Crippen MR) is 90.9 cm³/mol. The lowest BCUT2D eigenvalue weighted by Crippen LogP contribution is -2.24. The van der Waals surface area contributed by atoms with E-state index in [0.29, 0.717) is 17.3 Å². The fourth-order valence-corrected chi connectivity index (χ4v) is 3.78. The molecular formula is C16H21BrClN3. The highest BCUT2D eigenvalue weighted by Gasteiger charge is 2.30. The summed E-state index contributed by atoms with van der Waals surface area (Å²) in [7, 11) is 0. The van der Waals surface area contributed by atoms with E-state index in [-0.39, 0.29) is 0 Å². The zero-order valence-corrected chi connectivity index (χ0v) is 14.9. The zero-order valence-electron chi connectivity index (χ0n) is 12.6. The molecule has 0 spiro atoms. The van der Waals surface area contributed by atoms with Crippen molar-refractivity contribution in [2.24, 2.45) is 5.41 Å². The molecule has 2 aromatic rings. The molecule has 1 fully saturated rings. The van der Waals surface area contributed by atoms with Gasteiger partial charge in [0.05, 0.1) is 0 Å². The van der Waals surface area contributed by atoms with Gasteiger partial charge in [0.1, 0.15) is 11.3 Å². The minimum atomic E-state index is 0.468. The quantitative estimate of drug-likeness (QED) is 0.702. The van der Waals surface area contributed by atoms with Crippen molar-refractivity contribution in [2.75, 3.05) is 5.88 Å². The third kappa shape index (κ3) is 3.11. The van der Waals surface area contributed by atoms with Crippen LogP contribution in [0.25, 0.3) is 11.2 Å². The number of fused-ring (bicyclic) bond motifs is 1.